The van der Waals surface area contributed by atoms with Gasteiger partial charge in [0.05, 0.1) is 12.1 Å². The van der Waals surface area contributed by atoms with Crippen LogP contribution in [0.15, 0.2) is 23.3 Å². The monoisotopic (exact) mass is 306 g/mol. The maximum atomic E-state index is 12.3. The second-order valence-corrected chi connectivity index (χ2v) is 6.30. The zero-order valence-corrected chi connectivity index (χ0v) is 12.6. The van der Waals surface area contributed by atoms with E-state index in [1.54, 1.807) is 17.2 Å². The lowest BCUT2D eigenvalue weighted by molar-refractivity contribution is -0.132. The summed E-state index contributed by atoms with van der Waals surface area (Å²) in [5.74, 6) is -0.146. The number of aromatic nitrogens is 2. The maximum Gasteiger partial charge on any atom is 0.347 e. The largest absolute Gasteiger partial charge is 0.387 e. The van der Waals surface area contributed by atoms with Gasteiger partial charge < -0.3 is 14.9 Å². The second kappa shape index (κ2) is 6.18. The molecule has 0 unspecified atom stereocenters. The highest BCUT2D eigenvalue weighted by molar-refractivity contribution is 5.76. The highest BCUT2D eigenvalue weighted by Gasteiger charge is 2.39. The molecule has 7 nitrogen and oxygen atoms in total. The molecular formula is C15H22N4O3. The minimum atomic E-state index is -0.820. The molecule has 1 amide bonds. The standard InChI is InChI=1S/C15H22N4O3/c20-13(10-18-8-3-5-16-14(18)21)19-9-4-15(22,12-19)11-17-6-1-2-7-17/h3,5,8,22H,1-2,4,6-7,9-12H2/t15-/m1/s1. The number of carbonyl (C=O) groups excluding carboxylic acids is 1. The van der Waals surface area contributed by atoms with Crippen LogP contribution in [0.5, 0.6) is 0 Å². The summed E-state index contributed by atoms with van der Waals surface area (Å²) in [6, 6.07) is 1.63. The zero-order valence-electron chi connectivity index (χ0n) is 12.6. The SMILES string of the molecule is O=C(Cn1cccnc1=O)N1CC[C@@](O)(CN2CCCC2)C1. The fourth-order valence-corrected chi connectivity index (χ4v) is 3.31. The Hall–Kier alpha value is -1.73. The smallest absolute Gasteiger partial charge is 0.347 e. The molecule has 0 aliphatic carbocycles. The van der Waals surface area contributed by atoms with Gasteiger partial charge in [-0.25, -0.2) is 9.78 Å². The predicted octanol–water partition coefficient (Wildman–Crippen LogP) is -0.697. The third-order valence-electron chi connectivity index (χ3n) is 4.49. The van der Waals surface area contributed by atoms with Gasteiger partial charge in [0, 0.05) is 25.5 Å². The first-order valence-electron chi connectivity index (χ1n) is 7.80. The van der Waals surface area contributed by atoms with E-state index in [4.69, 9.17) is 0 Å². The lowest BCUT2D eigenvalue weighted by atomic mass is 10.0. The molecule has 2 saturated heterocycles. The highest BCUT2D eigenvalue weighted by Crippen LogP contribution is 2.24. The molecule has 0 spiro atoms. The van der Waals surface area contributed by atoms with Crippen LogP contribution in [0, 0.1) is 0 Å². The van der Waals surface area contributed by atoms with Crippen LogP contribution in [-0.2, 0) is 11.3 Å². The Labute approximate surface area is 129 Å². The summed E-state index contributed by atoms with van der Waals surface area (Å²) in [6.45, 7) is 3.55. The van der Waals surface area contributed by atoms with E-state index in [-0.39, 0.29) is 12.5 Å². The van der Waals surface area contributed by atoms with Crippen LogP contribution < -0.4 is 5.69 Å². The Balaban J connectivity index is 1.58. The molecule has 3 heterocycles. The summed E-state index contributed by atoms with van der Waals surface area (Å²) in [5.41, 5.74) is -1.25. The molecule has 0 radical (unpaired) electrons. The van der Waals surface area contributed by atoms with Gasteiger partial charge in [-0.05, 0) is 38.4 Å². The number of β-amino-alcohol motifs (C(OH)–C–C–N with tert-alkyl or cyclic N) is 1. The average Bonchev–Trinajstić information content (AvgIpc) is 3.11. The molecule has 2 aliphatic rings. The van der Waals surface area contributed by atoms with Crippen molar-refractivity contribution in [1.82, 2.24) is 19.4 Å². The second-order valence-electron chi connectivity index (χ2n) is 6.30. The van der Waals surface area contributed by atoms with Crippen molar-refractivity contribution in [3.8, 4) is 0 Å². The Morgan fingerprint density at radius 1 is 1.32 bits per heavy atom. The van der Waals surface area contributed by atoms with Crippen molar-refractivity contribution in [2.75, 3.05) is 32.7 Å². The van der Waals surface area contributed by atoms with Crippen molar-refractivity contribution >= 4 is 5.91 Å². The number of hydrogen-bond donors (Lipinski definition) is 1. The van der Waals surface area contributed by atoms with E-state index >= 15 is 0 Å². The Morgan fingerprint density at radius 2 is 2.09 bits per heavy atom. The van der Waals surface area contributed by atoms with Crippen molar-refractivity contribution in [2.24, 2.45) is 0 Å². The van der Waals surface area contributed by atoms with Gasteiger partial charge in [-0.2, -0.15) is 0 Å². The molecule has 0 aromatic carbocycles. The normalized spacial score (nSPS) is 25.8. The van der Waals surface area contributed by atoms with Crippen LogP contribution in [0.2, 0.25) is 0 Å². The number of nitrogens with zero attached hydrogens (tertiary/aromatic N) is 4. The van der Waals surface area contributed by atoms with Crippen molar-refractivity contribution in [3.63, 3.8) is 0 Å². The predicted molar refractivity (Wildman–Crippen MR) is 80.3 cm³/mol. The van der Waals surface area contributed by atoms with Crippen LogP contribution in [-0.4, -0.2) is 68.7 Å². The summed E-state index contributed by atoms with van der Waals surface area (Å²) in [6.07, 6.45) is 5.93. The summed E-state index contributed by atoms with van der Waals surface area (Å²) in [5, 5.41) is 10.7. The van der Waals surface area contributed by atoms with Crippen LogP contribution in [0.25, 0.3) is 0 Å². The van der Waals surface area contributed by atoms with E-state index in [0.29, 0.717) is 26.1 Å². The first-order valence-corrected chi connectivity index (χ1v) is 7.80. The number of hydrogen-bond acceptors (Lipinski definition) is 5. The number of likely N-dealkylation sites (tertiary alicyclic amines) is 2. The molecule has 1 atom stereocenters. The summed E-state index contributed by atoms with van der Waals surface area (Å²) < 4.78 is 1.29. The number of carbonyl (C=O) groups is 1. The fourth-order valence-electron chi connectivity index (χ4n) is 3.31. The van der Waals surface area contributed by atoms with Gasteiger partial charge in [0.2, 0.25) is 5.91 Å². The first-order chi connectivity index (χ1) is 10.6. The van der Waals surface area contributed by atoms with E-state index in [0.717, 1.165) is 13.1 Å². The van der Waals surface area contributed by atoms with Gasteiger partial charge in [0.1, 0.15) is 6.54 Å². The van der Waals surface area contributed by atoms with E-state index < -0.39 is 11.3 Å². The van der Waals surface area contributed by atoms with E-state index in [9.17, 15) is 14.7 Å². The number of amides is 1. The summed E-state index contributed by atoms with van der Waals surface area (Å²) in [4.78, 5) is 31.4. The highest BCUT2D eigenvalue weighted by atomic mass is 16.3. The van der Waals surface area contributed by atoms with Crippen molar-refractivity contribution in [2.45, 2.75) is 31.4 Å². The van der Waals surface area contributed by atoms with Crippen molar-refractivity contribution in [3.05, 3.63) is 28.9 Å². The van der Waals surface area contributed by atoms with Gasteiger partial charge in [0.25, 0.3) is 0 Å². The molecule has 1 aromatic heterocycles. The Kier molecular flexibility index (Phi) is 4.26. The Morgan fingerprint density at radius 3 is 2.82 bits per heavy atom. The average molecular weight is 306 g/mol. The van der Waals surface area contributed by atoms with Crippen LogP contribution in [0.4, 0.5) is 0 Å². The number of aliphatic hydroxyl groups is 1. The molecule has 22 heavy (non-hydrogen) atoms. The maximum absolute atomic E-state index is 12.3. The molecule has 2 aliphatic heterocycles. The van der Waals surface area contributed by atoms with Gasteiger partial charge in [-0.1, -0.05) is 0 Å². The quantitative estimate of drug-likeness (QED) is 0.796. The molecule has 7 heteroatoms. The minimum absolute atomic E-state index is 0.0214. The summed E-state index contributed by atoms with van der Waals surface area (Å²) >= 11 is 0. The molecule has 1 N–H and O–H groups in total. The number of rotatable bonds is 4. The molecule has 3 rings (SSSR count). The molecular weight excluding hydrogens is 284 g/mol. The molecule has 0 saturated carbocycles. The van der Waals surface area contributed by atoms with Crippen LogP contribution in [0.3, 0.4) is 0 Å². The molecule has 120 valence electrons. The van der Waals surface area contributed by atoms with Gasteiger partial charge in [-0.3, -0.25) is 9.36 Å². The minimum Gasteiger partial charge on any atom is -0.387 e. The van der Waals surface area contributed by atoms with Crippen LogP contribution >= 0.6 is 0 Å². The molecule has 0 bridgehead atoms. The Bertz CT molecular complexity index is 596. The first kappa shape index (κ1) is 15.2. The van der Waals surface area contributed by atoms with E-state index in [2.05, 4.69) is 9.88 Å². The van der Waals surface area contributed by atoms with Crippen molar-refractivity contribution in [1.29, 1.82) is 0 Å². The van der Waals surface area contributed by atoms with Crippen LogP contribution in [0.1, 0.15) is 19.3 Å². The van der Waals surface area contributed by atoms with Gasteiger partial charge in [0.15, 0.2) is 0 Å². The topological polar surface area (TPSA) is 78.7 Å². The van der Waals surface area contributed by atoms with Gasteiger partial charge in [-0.15, -0.1) is 0 Å². The fraction of sp³-hybridized carbons (Fsp3) is 0.667. The lowest BCUT2D eigenvalue weighted by Gasteiger charge is -2.28. The summed E-state index contributed by atoms with van der Waals surface area (Å²) in [7, 11) is 0. The molecule has 2 fully saturated rings. The van der Waals surface area contributed by atoms with Crippen molar-refractivity contribution < 1.29 is 9.90 Å². The zero-order chi connectivity index (χ0) is 15.6. The third kappa shape index (κ3) is 3.36. The molecule has 1 aromatic rings. The van der Waals surface area contributed by atoms with Gasteiger partial charge >= 0.3 is 5.69 Å². The lowest BCUT2D eigenvalue weighted by Crippen LogP contribution is -2.45. The van der Waals surface area contributed by atoms with E-state index in [1.165, 1.54) is 23.6 Å². The third-order valence-corrected chi connectivity index (χ3v) is 4.49. The van der Waals surface area contributed by atoms with E-state index in [1.807, 2.05) is 0 Å².